The summed E-state index contributed by atoms with van der Waals surface area (Å²) >= 11 is 0. The number of hydrogen-bond acceptors (Lipinski definition) is 3. The number of carbonyl (C=O) groups excluding carboxylic acids is 2. The smallest absolute Gasteiger partial charge is 0.225 e. The van der Waals surface area contributed by atoms with Gasteiger partial charge in [-0.05, 0) is 41.8 Å². The second-order valence-electron chi connectivity index (χ2n) is 7.50. The second-order valence-corrected chi connectivity index (χ2v) is 7.50. The maximum Gasteiger partial charge on any atom is 0.225 e. The lowest BCUT2D eigenvalue weighted by Crippen LogP contribution is -2.32. The van der Waals surface area contributed by atoms with Gasteiger partial charge in [0.25, 0.3) is 0 Å². The molecule has 1 aromatic heterocycles. The largest absolute Gasteiger partial charge is 0.346 e. The Morgan fingerprint density at radius 2 is 1.61 bits per heavy atom. The van der Waals surface area contributed by atoms with Gasteiger partial charge in [-0.1, -0.05) is 54.6 Å². The summed E-state index contributed by atoms with van der Waals surface area (Å²) in [5, 5.41) is 5.86. The molecule has 0 aliphatic rings. The molecule has 3 N–H and O–H groups in total. The molecular formula is C25H24N4O2. The Labute approximate surface area is 180 Å². The van der Waals surface area contributed by atoms with Gasteiger partial charge in [0.05, 0.1) is 23.5 Å². The van der Waals surface area contributed by atoms with E-state index in [2.05, 4.69) is 15.6 Å². The van der Waals surface area contributed by atoms with Crippen LogP contribution >= 0.6 is 0 Å². The number of imidazole rings is 1. The molecule has 6 nitrogen and oxygen atoms in total. The van der Waals surface area contributed by atoms with E-state index in [0.29, 0.717) is 12.1 Å². The van der Waals surface area contributed by atoms with Crippen LogP contribution in [0.1, 0.15) is 29.9 Å². The highest BCUT2D eigenvalue weighted by molar-refractivity contribution is 5.88. The standard InChI is InChI=1S/C25H24N4O2/c1-17(30)26-20-13-11-19(12-14-20)16-24(31)27-23(15-18-7-3-2-4-8-18)25-28-21-9-5-6-10-22(21)29-25/h2-14,23H,15-16H2,1H3,(H,26,30)(H,27,31)(H,28,29)/t23-/m0/s1. The monoisotopic (exact) mass is 412 g/mol. The fourth-order valence-corrected chi connectivity index (χ4v) is 3.54. The summed E-state index contributed by atoms with van der Waals surface area (Å²) in [7, 11) is 0. The van der Waals surface area contributed by atoms with Crippen molar-refractivity contribution in [3.8, 4) is 0 Å². The van der Waals surface area contributed by atoms with Gasteiger partial charge in [-0.2, -0.15) is 0 Å². The van der Waals surface area contributed by atoms with E-state index >= 15 is 0 Å². The van der Waals surface area contributed by atoms with E-state index in [1.807, 2.05) is 66.7 Å². The highest BCUT2D eigenvalue weighted by Crippen LogP contribution is 2.20. The number of para-hydroxylation sites is 2. The van der Waals surface area contributed by atoms with Crippen molar-refractivity contribution in [3.63, 3.8) is 0 Å². The first-order valence-corrected chi connectivity index (χ1v) is 10.2. The average molecular weight is 412 g/mol. The molecule has 0 spiro atoms. The number of anilines is 1. The van der Waals surface area contributed by atoms with E-state index in [-0.39, 0.29) is 24.3 Å². The zero-order valence-corrected chi connectivity index (χ0v) is 17.3. The van der Waals surface area contributed by atoms with Gasteiger partial charge in [0, 0.05) is 12.6 Å². The van der Waals surface area contributed by atoms with Gasteiger partial charge in [0.2, 0.25) is 11.8 Å². The Morgan fingerprint density at radius 1 is 0.903 bits per heavy atom. The van der Waals surface area contributed by atoms with Crippen LogP contribution in [0.5, 0.6) is 0 Å². The number of benzene rings is 3. The topological polar surface area (TPSA) is 86.9 Å². The average Bonchev–Trinajstić information content (AvgIpc) is 3.19. The number of nitrogens with one attached hydrogen (secondary N) is 3. The lowest BCUT2D eigenvalue weighted by atomic mass is 10.0. The number of H-pyrrole nitrogens is 1. The molecular weight excluding hydrogens is 388 g/mol. The Morgan fingerprint density at radius 3 is 2.32 bits per heavy atom. The molecule has 0 unspecified atom stereocenters. The molecule has 1 atom stereocenters. The van der Waals surface area contributed by atoms with Crippen molar-refractivity contribution in [3.05, 3.63) is 95.8 Å². The minimum atomic E-state index is -0.277. The van der Waals surface area contributed by atoms with E-state index in [9.17, 15) is 9.59 Å². The fourth-order valence-electron chi connectivity index (χ4n) is 3.54. The van der Waals surface area contributed by atoms with Crippen molar-refractivity contribution in [2.75, 3.05) is 5.32 Å². The molecule has 0 aliphatic heterocycles. The van der Waals surface area contributed by atoms with E-state index in [1.54, 1.807) is 12.1 Å². The van der Waals surface area contributed by atoms with Crippen molar-refractivity contribution in [1.29, 1.82) is 0 Å². The predicted octanol–water partition coefficient (Wildman–Crippen LogP) is 4.16. The Kier molecular flexibility index (Phi) is 6.08. The molecule has 1 heterocycles. The summed E-state index contributed by atoms with van der Waals surface area (Å²) in [4.78, 5) is 32.0. The zero-order chi connectivity index (χ0) is 21.6. The lowest BCUT2D eigenvalue weighted by Gasteiger charge is -2.17. The third kappa shape index (κ3) is 5.36. The van der Waals surface area contributed by atoms with Gasteiger partial charge in [-0.3, -0.25) is 9.59 Å². The molecule has 3 aromatic carbocycles. The molecule has 2 amide bonds. The minimum Gasteiger partial charge on any atom is -0.346 e. The first kappa shape index (κ1) is 20.3. The van der Waals surface area contributed by atoms with Crippen molar-refractivity contribution < 1.29 is 9.59 Å². The van der Waals surface area contributed by atoms with Gasteiger partial charge < -0.3 is 15.6 Å². The number of amides is 2. The maximum atomic E-state index is 12.8. The SMILES string of the molecule is CC(=O)Nc1ccc(CC(=O)N[C@@H](Cc2ccccc2)c2nc3ccccc3[nH]2)cc1. The van der Waals surface area contributed by atoms with E-state index in [1.165, 1.54) is 6.92 Å². The number of aromatic nitrogens is 2. The van der Waals surface area contributed by atoms with Gasteiger partial charge in [-0.15, -0.1) is 0 Å². The summed E-state index contributed by atoms with van der Waals surface area (Å²) in [5.41, 5.74) is 4.51. The maximum absolute atomic E-state index is 12.8. The first-order valence-electron chi connectivity index (χ1n) is 10.2. The summed E-state index contributed by atoms with van der Waals surface area (Å²) < 4.78 is 0. The predicted molar refractivity (Wildman–Crippen MR) is 122 cm³/mol. The van der Waals surface area contributed by atoms with Crippen LogP contribution in [-0.2, 0) is 22.4 Å². The van der Waals surface area contributed by atoms with Gasteiger partial charge in [-0.25, -0.2) is 4.98 Å². The fraction of sp³-hybridized carbons (Fsp3) is 0.160. The Balaban J connectivity index is 1.51. The van der Waals surface area contributed by atoms with E-state index < -0.39 is 0 Å². The minimum absolute atomic E-state index is 0.0892. The molecule has 0 saturated heterocycles. The molecule has 0 saturated carbocycles. The van der Waals surface area contributed by atoms with Crippen LogP contribution in [0.15, 0.2) is 78.9 Å². The van der Waals surface area contributed by atoms with Crippen molar-refractivity contribution in [2.24, 2.45) is 0 Å². The number of aromatic amines is 1. The van der Waals surface area contributed by atoms with Gasteiger partial charge in [0.15, 0.2) is 0 Å². The number of rotatable bonds is 7. The third-order valence-corrected chi connectivity index (χ3v) is 4.99. The van der Waals surface area contributed by atoms with E-state index in [4.69, 9.17) is 4.98 Å². The molecule has 4 rings (SSSR count). The Hall–Kier alpha value is -3.93. The van der Waals surface area contributed by atoms with Gasteiger partial charge in [0.1, 0.15) is 5.82 Å². The van der Waals surface area contributed by atoms with Crippen LogP contribution in [-0.4, -0.2) is 21.8 Å². The number of fused-ring (bicyclic) bond motifs is 1. The van der Waals surface area contributed by atoms with Crippen LogP contribution in [0.25, 0.3) is 11.0 Å². The molecule has 0 fully saturated rings. The van der Waals surface area contributed by atoms with Crippen LogP contribution in [0, 0.1) is 0 Å². The first-order chi connectivity index (χ1) is 15.1. The Bertz CT molecular complexity index is 1150. The highest BCUT2D eigenvalue weighted by Gasteiger charge is 2.19. The second kappa shape index (κ2) is 9.26. The number of nitrogens with zero attached hydrogens (tertiary/aromatic N) is 1. The molecule has 31 heavy (non-hydrogen) atoms. The van der Waals surface area contributed by atoms with Crippen molar-refractivity contribution >= 4 is 28.5 Å². The van der Waals surface area contributed by atoms with Gasteiger partial charge >= 0.3 is 0 Å². The quantitative estimate of drug-likeness (QED) is 0.426. The number of carbonyl (C=O) groups is 2. The lowest BCUT2D eigenvalue weighted by molar-refractivity contribution is -0.121. The summed E-state index contributed by atoms with van der Waals surface area (Å²) in [6, 6.07) is 24.9. The summed E-state index contributed by atoms with van der Waals surface area (Å²) in [6.45, 7) is 1.46. The van der Waals surface area contributed by atoms with Crippen LogP contribution in [0.3, 0.4) is 0 Å². The molecule has 0 aliphatic carbocycles. The number of hydrogen-bond donors (Lipinski definition) is 3. The molecule has 0 radical (unpaired) electrons. The van der Waals surface area contributed by atoms with Crippen molar-refractivity contribution in [1.82, 2.24) is 15.3 Å². The molecule has 6 heteroatoms. The summed E-state index contributed by atoms with van der Waals surface area (Å²) in [5.74, 6) is 0.521. The summed E-state index contributed by atoms with van der Waals surface area (Å²) in [6.07, 6.45) is 0.875. The van der Waals surface area contributed by atoms with Crippen LogP contribution < -0.4 is 10.6 Å². The van der Waals surface area contributed by atoms with Crippen LogP contribution in [0.4, 0.5) is 5.69 Å². The third-order valence-electron chi connectivity index (χ3n) is 4.99. The molecule has 156 valence electrons. The molecule has 4 aromatic rings. The highest BCUT2D eigenvalue weighted by atomic mass is 16.2. The van der Waals surface area contributed by atoms with E-state index in [0.717, 1.165) is 28.0 Å². The normalized spacial score (nSPS) is 11.8. The zero-order valence-electron chi connectivity index (χ0n) is 17.3. The van der Waals surface area contributed by atoms with Crippen LogP contribution in [0.2, 0.25) is 0 Å². The molecule has 0 bridgehead atoms. The van der Waals surface area contributed by atoms with Crippen molar-refractivity contribution in [2.45, 2.75) is 25.8 Å².